The SMILES string of the molecule is Nc1ccc(C(=O)N(c2ccccc2)N(C(=O)c2ccc(N)cc2)c2ccccc2)cc1. The van der Waals surface area contributed by atoms with Gasteiger partial charge >= 0.3 is 0 Å². The quantitative estimate of drug-likeness (QED) is 0.366. The molecule has 0 aliphatic carbocycles. The van der Waals surface area contributed by atoms with Crippen LogP contribution in [0.5, 0.6) is 0 Å². The number of hydrogen-bond acceptors (Lipinski definition) is 4. The Kier molecular flexibility index (Phi) is 5.85. The number of carbonyl (C=O) groups excluding carboxylic acids is 2. The molecular formula is C26H22N4O2. The second-order valence-electron chi connectivity index (χ2n) is 7.15. The second kappa shape index (κ2) is 9.06. The number of nitrogens with zero attached hydrogens (tertiary/aromatic N) is 2. The molecule has 4 aromatic carbocycles. The normalized spacial score (nSPS) is 10.4. The molecule has 6 heteroatoms. The molecule has 0 fully saturated rings. The number of nitrogen functional groups attached to an aromatic ring is 2. The first-order valence-electron chi connectivity index (χ1n) is 10.0. The summed E-state index contributed by atoms with van der Waals surface area (Å²) in [6.45, 7) is 0. The lowest BCUT2D eigenvalue weighted by atomic mass is 10.1. The highest BCUT2D eigenvalue weighted by atomic mass is 16.2. The number of benzene rings is 4. The smallest absolute Gasteiger partial charge is 0.277 e. The summed E-state index contributed by atoms with van der Waals surface area (Å²) < 4.78 is 0. The largest absolute Gasteiger partial charge is 0.399 e. The van der Waals surface area contributed by atoms with Crippen LogP contribution in [0.2, 0.25) is 0 Å². The fraction of sp³-hybridized carbons (Fsp3) is 0. The van der Waals surface area contributed by atoms with Gasteiger partial charge in [-0.25, -0.2) is 10.0 Å². The molecule has 0 atom stereocenters. The van der Waals surface area contributed by atoms with Crippen LogP contribution in [0.1, 0.15) is 20.7 Å². The van der Waals surface area contributed by atoms with Crippen LogP contribution >= 0.6 is 0 Å². The molecule has 0 radical (unpaired) electrons. The molecule has 32 heavy (non-hydrogen) atoms. The maximum Gasteiger partial charge on any atom is 0.277 e. The number of nitrogens with two attached hydrogens (primary N) is 2. The van der Waals surface area contributed by atoms with Crippen molar-refractivity contribution in [1.29, 1.82) is 0 Å². The molecule has 0 heterocycles. The summed E-state index contributed by atoms with van der Waals surface area (Å²) in [5, 5.41) is 2.75. The van der Waals surface area contributed by atoms with E-state index in [0.29, 0.717) is 33.9 Å². The molecule has 0 aliphatic rings. The number of amides is 2. The molecule has 0 bridgehead atoms. The molecule has 4 aromatic rings. The zero-order valence-corrected chi connectivity index (χ0v) is 17.3. The van der Waals surface area contributed by atoms with Gasteiger partial charge in [-0.05, 0) is 72.8 Å². The minimum Gasteiger partial charge on any atom is -0.399 e. The van der Waals surface area contributed by atoms with Crippen LogP contribution in [0.4, 0.5) is 22.7 Å². The van der Waals surface area contributed by atoms with Gasteiger partial charge in [0.1, 0.15) is 0 Å². The lowest BCUT2D eigenvalue weighted by Crippen LogP contribution is -2.50. The Morgan fingerprint density at radius 1 is 0.469 bits per heavy atom. The molecule has 0 saturated carbocycles. The Bertz CT molecular complexity index is 1110. The van der Waals surface area contributed by atoms with Crippen molar-refractivity contribution in [2.24, 2.45) is 0 Å². The molecule has 4 N–H and O–H groups in total. The zero-order chi connectivity index (χ0) is 22.5. The third-order valence-electron chi connectivity index (χ3n) is 4.90. The average Bonchev–Trinajstić information content (AvgIpc) is 2.84. The van der Waals surface area contributed by atoms with Crippen molar-refractivity contribution in [3.63, 3.8) is 0 Å². The first-order chi connectivity index (χ1) is 15.5. The van der Waals surface area contributed by atoms with Crippen LogP contribution in [0.3, 0.4) is 0 Å². The van der Waals surface area contributed by atoms with Crippen LogP contribution in [0.25, 0.3) is 0 Å². The van der Waals surface area contributed by atoms with E-state index in [0.717, 1.165) is 0 Å². The fourth-order valence-corrected chi connectivity index (χ4v) is 3.28. The molecule has 158 valence electrons. The lowest BCUT2D eigenvalue weighted by molar-refractivity contribution is 0.0922. The third kappa shape index (κ3) is 4.29. The van der Waals surface area contributed by atoms with Crippen molar-refractivity contribution >= 4 is 34.6 Å². The molecule has 4 rings (SSSR count). The zero-order valence-electron chi connectivity index (χ0n) is 17.3. The van der Waals surface area contributed by atoms with E-state index < -0.39 is 0 Å². The Labute approximate surface area is 186 Å². The topological polar surface area (TPSA) is 92.7 Å². The number of para-hydroxylation sites is 2. The number of hydrazine groups is 1. The van der Waals surface area contributed by atoms with Gasteiger partial charge in [0.2, 0.25) is 0 Å². The molecule has 2 amide bonds. The van der Waals surface area contributed by atoms with Crippen molar-refractivity contribution in [3.8, 4) is 0 Å². The van der Waals surface area contributed by atoms with E-state index in [2.05, 4.69) is 0 Å². The Balaban J connectivity index is 1.88. The molecule has 0 aromatic heterocycles. The van der Waals surface area contributed by atoms with Crippen LogP contribution in [-0.2, 0) is 0 Å². The van der Waals surface area contributed by atoms with Gasteiger partial charge in [-0.15, -0.1) is 0 Å². The van der Waals surface area contributed by atoms with E-state index in [1.807, 2.05) is 36.4 Å². The average molecular weight is 422 g/mol. The van der Waals surface area contributed by atoms with Gasteiger partial charge < -0.3 is 11.5 Å². The summed E-state index contributed by atoms with van der Waals surface area (Å²) in [4.78, 5) is 27.5. The predicted molar refractivity (Wildman–Crippen MR) is 128 cm³/mol. The van der Waals surface area contributed by atoms with Crippen LogP contribution in [-0.4, -0.2) is 11.8 Å². The minimum atomic E-state index is -0.371. The molecule has 0 aliphatic heterocycles. The van der Waals surface area contributed by atoms with Crippen molar-refractivity contribution in [1.82, 2.24) is 0 Å². The van der Waals surface area contributed by atoms with E-state index in [9.17, 15) is 9.59 Å². The molecular weight excluding hydrogens is 400 g/mol. The number of hydrogen-bond donors (Lipinski definition) is 2. The fourth-order valence-electron chi connectivity index (χ4n) is 3.28. The lowest BCUT2D eigenvalue weighted by Gasteiger charge is -2.35. The summed E-state index contributed by atoms with van der Waals surface area (Å²) >= 11 is 0. The Hall–Kier alpha value is -4.58. The third-order valence-corrected chi connectivity index (χ3v) is 4.90. The predicted octanol–water partition coefficient (Wildman–Crippen LogP) is 4.76. The highest BCUT2D eigenvalue weighted by Crippen LogP contribution is 2.27. The van der Waals surface area contributed by atoms with Gasteiger partial charge in [0.15, 0.2) is 0 Å². The van der Waals surface area contributed by atoms with E-state index in [1.165, 1.54) is 10.0 Å². The van der Waals surface area contributed by atoms with Crippen molar-refractivity contribution in [2.45, 2.75) is 0 Å². The van der Waals surface area contributed by atoms with Crippen molar-refractivity contribution < 1.29 is 9.59 Å². The summed E-state index contributed by atoms with van der Waals surface area (Å²) in [5.74, 6) is -0.743. The van der Waals surface area contributed by atoms with Crippen LogP contribution < -0.4 is 21.5 Å². The second-order valence-corrected chi connectivity index (χ2v) is 7.15. The molecule has 6 nitrogen and oxygen atoms in total. The monoisotopic (exact) mass is 422 g/mol. The molecule has 0 unspecified atom stereocenters. The Morgan fingerprint density at radius 3 is 1.09 bits per heavy atom. The van der Waals surface area contributed by atoms with Crippen LogP contribution in [0.15, 0.2) is 109 Å². The van der Waals surface area contributed by atoms with Gasteiger partial charge in [-0.1, -0.05) is 36.4 Å². The first-order valence-corrected chi connectivity index (χ1v) is 10.0. The highest BCUT2D eigenvalue weighted by molar-refractivity contribution is 6.17. The minimum absolute atomic E-state index is 0.371. The van der Waals surface area contributed by atoms with E-state index in [1.54, 1.807) is 72.8 Å². The summed E-state index contributed by atoms with van der Waals surface area (Å²) in [6.07, 6.45) is 0. The van der Waals surface area contributed by atoms with Gasteiger partial charge in [0, 0.05) is 22.5 Å². The Morgan fingerprint density at radius 2 is 0.781 bits per heavy atom. The van der Waals surface area contributed by atoms with E-state index in [-0.39, 0.29) is 11.8 Å². The van der Waals surface area contributed by atoms with Crippen molar-refractivity contribution in [3.05, 3.63) is 120 Å². The van der Waals surface area contributed by atoms with E-state index in [4.69, 9.17) is 11.5 Å². The van der Waals surface area contributed by atoms with Crippen molar-refractivity contribution in [2.75, 3.05) is 21.5 Å². The number of anilines is 4. The molecule has 0 spiro atoms. The van der Waals surface area contributed by atoms with Crippen LogP contribution in [0, 0.1) is 0 Å². The van der Waals surface area contributed by atoms with E-state index >= 15 is 0 Å². The maximum atomic E-state index is 13.7. The highest BCUT2D eigenvalue weighted by Gasteiger charge is 2.30. The van der Waals surface area contributed by atoms with Gasteiger partial charge in [0.05, 0.1) is 11.4 Å². The van der Waals surface area contributed by atoms with Gasteiger partial charge in [-0.3, -0.25) is 9.59 Å². The summed E-state index contributed by atoms with van der Waals surface area (Å²) in [6, 6.07) is 31.3. The number of carbonyl (C=O) groups is 2. The number of rotatable bonds is 4. The van der Waals surface area contributed by atoms with Gasteiger partial charge in [-0.2, -0.15) is 0 Å². The standard InChI is InChI=1S/C26H22N4O2/c27-21-15-11-19(12-16-21)25(31)29(23-7-3-1-4-8-23)30(24-9-5-2-6-10-24)26(32)20-13-17-22(28)18-14-20/h1-18H,27-28H2. The summed E-state index contributed by atoms with van der Waals surface area (Å²) in [7, 11) is 0. The first kappa shape index (κ1) is 20.7. The summed E-state index contributed by atoms with van der Waals surface area (Å²) in [5.41, 5.74) is 14.6. The maximum absolute atomic E-state index is 13.7. The van der Waals surface area contributed by atoms with Gasteiger partial charge in [0.25, 0.3) is 11.8 Å². The molecule has 0 saturated heterocycles.